The number of ether oxygens (including phenoxy) is 1. The van der Waals surface area contributed by atoms with Crippen molar-refractivity contribution in [3.63, 3.8) is 0 Å². The third-order valence-corrected chi connectivity index (χ3v) is 2.63. The first-order valence-electron chi connectivity index (χ1n) is 5.61. The van der Waals surface area contributed by atoms with Crippen molar-refractivity contribution in [2.45, 2.75) is 6.61 Å². The molecule has 2 aromatic rings. The third kappa shape index (κ3) is 2.60. The number of likely N-dealkylation sites (N-methyl/N-ethyl adjacent to an activating group) is 1. The highest BCUT2D eigenvalue weighted by Gasteiger charge is 1.99. The molecule has 0 bridgehead atoms. The number of nitrogens with one attached hydrogen (secondary N) is 1. The quantitative estimate of drug-likeness (QED) is 0.774. The van der Waals surface area contributed by atoms with Crippen LogP contribution in [0.3, 0.4) is 0 Å². The lowest BCUT2D eigenvalue weighted by molar-refractivity contribution is 0.125. The van der Waals surface area contributed by atoms with E-state index in [1.165, 1.54) is 16.3 Å². The molecule has 2 heteroatoms. The molecule has 2 rings (SSSR count). The molecule has 0 saturated carbocycles. The van der Waals surface area contributed by atoms with E-state index in [9.17, 15) is 0 Å². The maximum Gasteiger partial charge on any atom is 0.0723 e. The number of rotatable bonds is 5. The molecule has 0 aliphatic heterocycles. The number of hydrogen-bond donors (Lipinski definition) is 1. The van der Waals surface area contributed by atoms with Crippen molar-refractivity contribution in [1.29, 1.82) is 0 Å². The Morgan fingerprint density at radius 3 is 2.75 bits per heavy atom. The number of benzene rings is 2. The average Bonchev–Trinajstić information content (AvgIpc) is 2.35. The topological polar surface area (TPSA) is 21.3 Å². The molecule has 0 atom stereocenters. The van der Waals surface area contributed by atoms with E-state index >= 15 is 0 Å². The maximum atomic E-state index is 5.61. The summed E-state index contributed by atoms with van der Waals surface area (Å²) in [4.78, 5) is 0. The van der Waals surface area contributed by atoms with Crippen LogP contribution in [-0.4, -0.2) is 20.2 Å². The zero-order valence-electron chi connectivity index (χ0n) is 9.57. The van der Waals surface area contributed by atoms with Crippen LogP contribution in [0.5, 0.6) is 0 Å². The van der Waals surface area contributed by atoms with Gasteiger partial charge in [-0.15, -0.1) is 0 Å². The molecule has 0 spiro atoms. The Labute approximate surface area is 96.2 Å². The van der Waals surface area contributed by atoms with Gasteiger partial charge >= 0.3 is 0 Å². The summed E-state index contributed by atoms with van der Waals surface area (Å²) in [6.07, 6.45) is 0. The van der Waals surface area contributed by atoms with Crippen LogP contribution in [0.15, 0.2) is 42.5 Å². The predicted molar refractivity (Wildman–Crippen MR) is 67.5 cm³/mol. The standard InChI is InChI=1S/C14H17NO/c1-15-9-10-16-11-13-7-4-6-12-5-2-3-8-14(12)13/h2-8,15H,9-11H2,1H3. The normalized spacial score (nSPS) is 10.8. The first-order chi connectivity index (χ1) is 7.92. The first-order valence-corrected chi connectivity index (χ1v) is 5.61. The molecule has 0 unspecified atom stereocenters. The fourth-order valence-electron chi connectivity index (χ4n) is 1.77. The van der Waals surface area contributed by atoms with Crippen molar-refractivity contribution >= 4 is 10.8 Å². The van der Waals surface area contributed by atoms with Crippen LogP contribution in [-0.2, 0) is 11.3 Å². The SMILES string of the molecule is CNCCOCc1cccc2ccccc12. The largest absolute Gasteiger partial charge is 0.375 e. The van der Waals surface area contributed by atoms with Crippen LogP contribution in [0, 0.1) is 0 Å². The molecule has 0 aromatic heterocycles. The summed E-state index contributed by atoms with van der Waals surface area (Å²) < 4.78 is 5.61. The van der Waals surface area contributed by atoms with Crippen molar-refractivity contribution in [2.24, 2.45) is 0 Å². The minimum Gasteiger partial charge on any atom is -0.375 e. The predicted octanol–water partition coefficient (Wildman–Crippen LogP) is 2.58. The van der Waals surface area contributed by atoms with Crippen LogP contribution in [0.2, 0.25) is 0 Å². The van der Waals surface area contributed by atoms with Crippen LogP contribution in [0.1, 0.15) is 5.56 Å². The highest BCUT2D eigenvalue weighted by atomic mass is 16.5. The zero-order valence-corrected chi connectivity index (χ0v) is 9.57. The fraction of sp³-hybridized carbons (Fsp3) is 0.286. The van der Waals surface area contributed by atoms with Crippen molar-refractivity contribution in [3.05, 3.63) is 48.0 Å². The third-order valence-electron chi connectivity index (χ3n) is 2.63. The minimum atomic E-state index is 0.684. The van der Waals surface area contributed by atoms with Crippen molar-refractivity contribution in [3.8, 4) is 0 Å². The number of hydrogen-bond acceptors (Lipinski definition) is 2. The molecule has 1 N–H and O–H groups in total. The van der Waals surface area contributed by atoms with E-state index < -0.39 is 0 Å². The fourth-order valence-corrected chi connectivity index (χ4v) is 1.77. The van der Waals surface area contributed by atoms with Gasteiger partial charge in [0.2, 0.25) is 0 Å². The van der Waals surface area contributed by atoms with Crippen LogP contribution in [0.4, 0.5) is 0 Å². The average molecular weight is 215 g/mol. The second-order valence-electron chi connectivity index (χ2n) is 3.79. The van der Waals surface area contributed by atoms with Crippen molar-refractivity contribution in [2.75, 3.05) is 20.2 Å². The van der Waals surface area contributed by atoms with Gasteiger partial charge in [0.05, 0.1) is 13.2 Å². The van der Waals surface area contributed by atoms with E-state index in [1.807, 2.05) is 7.05 Å². The summed E-state index contributed by atoms with van der Waals surface area (Å²) >= 11 is 0. The molecular formula is C14H17NO. The Kier molecular flexibility index (Phi) is 3.91. The molecule has 0 aliphatic carbocycles. The van der Waals surface area contributed by atoms with Crippen LogP contribution < -0.4 is 5.32 Å². The van der Waals surface area contributed by atoms with Crippen molar-refractivity contribution in [1.82, 2.24) is 5.32 Å². The Balaban J connectivity index is 2.11. The summed E-state index contributed by atoms with van der Waals surface area (Å²) in [6.45, 7) is 2.33. The van der Waals surface area contributed by atoms with E-state index in [0.29, 0.717) is 6.61 Å². The van der Waals surface area contributed by atoms with Crippen molar-refractivity contribution < 1.29 is 4.74 Å². The van der Waals surface area contributed by atoms with Gasteiger partial charge in [-0.3, -0.25) is 0 Å². The first kappa shape index (κ1) is 11.1. The summed E-state index contributed by atoms with van der Waals surface area (Å²) in [5.41, 5.74) is 1.26. The lowest BCUT2D eigenvalue weighted by Crippen LogP contribution is -2.14. The molecule has 2 nitrogen and oxygen atoms in total. The molecule has 0 amide bonds. The second-order valence-corrected chi connectivity index (χ2v) is 3.79. The molecule has 16 heavy (non-hydrogen) atoms. The Morgan fingerprint density at radius 1 is 1.06 bits per heavy atom. The number of fused-ring (bicyclic) bond motifs is 1. The van der Waals surface area contributed by atoms with Crippen LogP contribution in [0.25, 0.3) is 10.8 Å². The van der Waals surface area contributed by atoms with Gasteiger partial charge in [0.15, 0.2) is 0 Å². The molecular weight excluding hydrogens is 198 g/mol. The van der Waals surface area contributed by atoms with Gasteiger partial charge in [0, 0.05) is 6.54 Å². The minimum absolute atomic E-state index is 0.684. The Hall–Kier alpha value is -1.38. The van der Waals surface area contributed by atoms with Gasteiger partial charge in [-0.25, -0.2) is 0 Å². The van der Waals surface area contributed by atoms with Gasteiger partial charge in [0.25, 0.3) is 0 Å². The van der Waals surface area contributed by atoms with E-state index in [-0.39, 0.29) is 0 Å². The Bertz CT molecular complexity index is 448. The highest BCUT2D eigenvalue weighted by Crippen LogP contribution is 2.18. The summed E-state index contributed by atoms with van der Waals surface area (Å²) in [5.74, 6) is 0. The van der Waals surface area contributed by atoms with Crippen LogP contribution >= 0.6 is 0 Å². The highest BCUT2D eigenvalue weighted by molar-refractivity contribution is 5.85. The van der Waals surface area contributed by atoms with Gasteiger partial charge in [0.1, 0.15) is 0 Å². The molecule has 84 valence electrons. The lowest BCUT2D eigenvalue weighted by atomic mass is 10.1. The molecule has 0 heterocycles. The molecule has 0 fully saturated rings. The summed E-state index contributed by atoms with van der Waals surface area (Å²) in [6, 6.07) is 14.7. The molecule has 0 aliphatic rings. The molecule has 0 radical (unpaired) electrons. The van der Waals surface area contributed by atoms with E-state index in [2.05, 4.69) is 47.8 Å². The molecule has 0 saturated heterocycles. The maximum absolute atomic E-state index is 5.61. The summed E-state index contributed by atoms with van der Waals surface area (Å²) in [5, 5.41) is 5.63. The van der Waals surface area contributed by atoms with E-state index in [4.69, 9.17) is 4.74 Å². The van der Waals surface area contributed by atoms with Gasteiger partial charge < -0.3 is 10.1 Å². The Morgan fingerprint density at radius 2 is 1.88 bits per heavy atom. The van der Waals surface area contributed by atoms with E-state index in [1.54, 1.807) is 0 Å². The van der Waals surface area contributed by atoms with E-state index in [0.717, 1.165) is 13.2 Å². The zero-order chi connectivity index (χ0) is 11.2. The monoisotopic (exact) mass is 215 g/mol. The lowest BCUT2D eigenvalue weighted by Gasteiger charge is -2.07. The van der Waals surface area contributed by atoms with Gasteiger partial charge in [-0.1, -0.05) is 42.5 Å². The van der Waals surface area contributed by atoms with Gasteiger partial charge in [-0.05, 0) is 23.4 Å². The summed E-state index contributed by atoms with van der Waals surface area (Å²) in [7, 11) is 1.93. The second kappa shape index (κ2) is 5.64. The van der Waals surface area contributed by atoms with Gasteiger partial charge in [-0.2, -0.15) is 0 Å². The molecule has 2 aromatic carbocycles. The smallest absolute Gasteiger partial charge is 0.0723 e.